The maximum atomic E-state index is 14.4. The molecule has 0 unspecified atom stereocenters. The van der Waals surface area contributed by atoms with Crippen molar-refractivity contribution in [2.45, 2.75) is 62.2 Å². The van der Waals surface area contributed by atoms with Crippen LogP contribution >= 0.6 is 0 Å². The van der Waals surface area contributed by atoms with E-state index in [1.54, 1.807) is 0 Å². The molecule has 0 spiro atoms. The summed E-state index contributed by atoms with van der Waals surface area (Å²) in [5.41, 5.74) is 0.398. The Bertz CT molecular complexity index is 1030. The Hall–Kier alpha value is -2.58. The molecule has 0 aliphatic rings. The van der Waals surface area contributed by atoms with Crippen LogP contribution in [0.25, 0.3) is 0 Å². The summed E-state index contributed by atoms with van der Waals surface area (Å²) >= 11 is 0. The Morgan fingerprint density at radius 2 is 1.08 bits per heavy atom. The van der Waals surface area contributed by atoms with E-state index >= 15 is 0 Å². The predicted octanol–water partition coefficient (Wildman–Crippen LogP) is 7.08. The molecule has 0 saturated heterocycles. The van der Waals surface area contributed by atoms with Gasteiger partial charge in [-0.25, -0.2) is 4.79 Å². The van der Waals surface area contributed by atoms with Gasteiger partial charge in [-0.3, -0.25) is 9.47 Å². The molecule has 1 rings (SSSR count). The van der Waals surface area contributed by atoms with E-state index in [2.05, 4.69) is 4.74 Å². The number of carbonyl (C=O) groups excluding carboxylic acids is 1. The lowest BCUT2D eigenvalue weighted by Gasteiger charge is -2.39. The fraction of sp³-hybridized carbons (Fsp3) is 0.588. The van der Waals surface area contributed by atoms with Crippen LogP contribution in [0.2, 0.25) is 0 Å². The number of hydrogen-bond acceptors (Lipinski definition) is 4. The second-order valence-electron chi connectivity index (χ2n) is 7.13. The Labute approximate surface area is 198 Å². The molecule has 0 fully saturated rings. The first-order valence-corrected chi connectivity index (χ1v) is 8.88. The molecule has 0 N–H and O–H groups in total. The van der Waals surface area contributed by atoms with E-state index in [1.807, 2.05) is 4.74 Å². The van der Waals surface area contributed by atoms with Crippen LogP contribution in [0.3, 0.4) is 0 Å². The van der Waals surface area contributed by atoms with Crippen LogP contribution < -0.4 is 4.74 Å². The quantitative estimate of drug-likeness (QED) is 0.182. The molecule has 0 heterocycles. The van der Waals surface area contributed by atoms with Crippen molar-refractivity contribution in [2.24, 2.45) is 0 Å². The smallest absolute Gasteiger partial charge is 0.422 e. The van der Waals surface area contributed by atoms with Gasteiger partial charge in [0, 0.05) is 0 Å². The van der Waals surface area contributed by atoms with Crippen LogP contribution in [-0.4, -0.2) is 54.3 Å². The van der Waals surface area contributed by atoms with Gasteiger partial charge >= 0.3 is 54.3 Å². The van der Waals surface area contributed by atoms with E-state index in [-0.39, 0.29) is 5.56 Å². The minimum absolute atomic E-state index is 0.0686. The van der Waals surface area contributed by atoms with Gasteiger partial charge < -0.3 is 4.74 Å². The van der Waals surface area contributed by atoms with Gasteiger partial charge in [0.25, 0.3) is 0 Å². The second kappa shape index (κ2) is 9.56. The molecule has 21 heteroatoms. The van der Waals surface area contributed by atoms with Gasteiger partial charge in [0.05, 0.1) is 0 Å². The molecule has 0 radical (unpaired) electrons. The van der Waals surface area contributed by atoms with Gasteiger partial charge in [-0.1, -0.05) is 6.07 Å². The zero-order chi connectivity index (χ0) is 30.6. The molecule has 0 bridgehead atoms. The minimum atomic E-state index is -8.08. The summed E-state index contributed by atoms with van der Waals surface area (Å²) in [6.07, 6.45) is -38.7. The summed E-state index contributed by atoms with van der Waals surface area (Å²) in [4.78, 5) is 11.7. The van der Waals surface area contributed by atoms with Crippen LogP contribution in [0.15, 0.2) is 18.2 Å². The fourth-order valence-corrected chi connectivity index (χ4v) is 2.10. The first kappa shape index (κ1) is 33.4. The van der Waals surface area contributed by atoms with Crippen molar-refractivity contribution in [1.82, 2.24) is 0 Å². The van der Waals surface area contributed by atoms with Gasteiger partial charge in [0.2, 0.25) is 0 Å². The lowest BCUT2D eigenvalue weighted by Crippen LogP contribution is -2.68. The molecule has 0 saturated carbocycles. The van der Waals surface area contributed by atoms with E-state index in [0.717, 1.165) is 6.07 Å². The lowest BCUT2D eigenvalue weighted by molar-refractivity contribution is -0.548. The summed E-state index contributed by atoms with van der Waals surface area (Å²) in [6.45, 7) is 2.55. The van der Waals surface area contributed by atoms with Crippen LogP contribution in [0.4, 0.5) is 74.6 Å². The van der Waals surface area contributed by atoms with Crippen molar-refractivity contribution < 1.29 is 93.6 Å². The predicted molar refractivity (Wildman–Crippen MR) is 84.4 cm³/mol. The normalized spacial score (nSPS) is 17.6. The fourth-order valence-electron chi connectivity index (χ4n) is 2.10. The maximum Gasteiger partial charge on any atom is 0.462 e. The third-order valence-corrected chi connectivity index (χ3v) is 4.31. The summed E-state index contributed by atoms with van der Waals surface area (Å²) in [7, 11) is 0. The topological polar surface area (TPSA) is 44.8 Å². The van der Waals surface area contributed by atoms with E-state index in [9.17, 15) is 79.4 Å². The first-order valence-electron chi connectivity index (χ1n) is 8.88. The Balaban J connectivity index is 3.63. The zero-order valence-electron chi connectivity index (χ0n) is 17.8. The van der Waals surface area contributed by atoms with Gasteiger partial charge in [-0.05, 0) is 37.1 Å². The highest BCUT2D eigenvalue weighted by Crippen LogP contribution is 2.56. The Morgan fingerprint density at radius 1 is 0.605 bits per heavy atom. The van der Waals surface area contributed by atoms with E-state index in [1.165, 1.54) is 18.6 Å². The van der Waals surface area contributed by atoms with Crippen molar-refractivity contribution in [3.8, 4) is 5.75 Å². The van der Waals surface area contributed by atoms with Crippen molar-refractivity contribution in [3.05, 3.63) is 29.3 Å². The van der Waals surface area contributed by atoms with E-state index < -0.39 is 60.1 Å². The average molecular weight is 600 g/mol. The molecule has 1 aromatic carbocycles. The van der Waals surface area contributed by atoms with Crippen LogP contribution in [0.1, 0.15) is 11.1 Å². The molecule has 0 aliphatic carbocycles. The molecule has 2 atom stereocenters. The van der Waals surface area contributed by atoms with E-state index in [0.29, 0.717) is 17.7 Å². The number of halogens is 17. The van der Waals surface area contributed by atoms with Gasteiger partial charge in [0.15, 0.2) is 0 Å². The van der Waals surface area contributed by atoms with Crippen LogP contribution in [0, 0.1) is 13.8 Å². The SMILES string of the molecule is Cc1ccc(OC(=O)[C@@](F)(OC(F)(F)[C@](F)(OC(F)(F)C(F)(F)C(F)(F)F)C(F)(F)F)C(F)(F)F)cc1C. The highest BCUT2D eigenvalue weighted by Gasteiger charge is 2.85. The van der Waals surface area contributed by atoms with Crippen molar-refractivity contribution >= 4 is 5.97 Å². The minimum Gasteiger partial charge on any atom is -0.422 e. The van der Waals surface area contributed by atoms with Crippen LogP contribution in [-0.2, 0) is 14.3 Å². The highest BCUT2D eigenvalue weighted by molar-refractivity contribution is 5.81. The lowest BCUT2D eigenvalue weighted by atomic mass is 10.1. The number of aryl methyl sites for hydroxylation is 2. The largest absolute Gasteiger partial charge is 0.462 e. The summed E-state index contributed by atoms with van der Waals surface area (Å²) in [6, 6.07) is 2.18. The zero-order valence-corrected chi connectivity index (χ0v) is 17.8. The molecule has 0 aromatic heterocycles. The average Bonchev–Trinajstić information content (AvgIpc) is 2.67. The standard InChI is InChI=1S/C17H9F17O4/c1-6-3-4-8(5-7(6)2)36-9(35)10(18,13(22,23)24)37-17(33,34)12(21,15(28,29)30)38-16(31,32)11(19,20)14(25,26)27/h3-5H,1-2H3/t10-,12-/m1/s1. The molecule has 0 amide bonds. The van der Waals surface area contributed by atoms with Gasteiger partial charge in [-0.2, -0.15) is 74.6 Å². The van der Waals surface area contributed by atoms with Crippen molar-refractivity contribution in [2.75, 3.05) is 0 Å². The monoisotopic (exact) mass is 600 g/mol. The number of alkyl halides is 17. The number of benzene rings is 1. The molecule has 220 valence electrons. The first-order chi connectivity index (χ1) is 16.5. The van der Waals surface area contributed by atoms with Gasteiger partial charge in [0.1, 0.15) is 5.75 Å². The molecule has 4 nitrogen and oxygen atoms in total. The van der Waals surface area contributed by atoms with E-state index in [4.69, 9.17) is 0 Å². The Kier molecular flexibility index (Phi) is 8.41. The second-order valence-corrected chi connectivity index (χ2v) is 7.13. The number of esters is 1. The number of ether oxygens (including phenoxy) is 3. The molecular formula is C17H9F17O4. The summed E-state index contributed by atoms with van der Waals surface area (Å²) in [5, 5.41) is 0. The highest BCUT2D eigenvalue weighted by atomic mass is 19.4. The third-order valence-electron chi connectivity index (χ3n) is 4.31. The summed E-state index contributed by atoms with van der Waals surface area (Å²) in [5.74, 6) is -27.7. The molecule has 0 aliphatic heterocycles. The number of rotatable bonds is 8. The van der Waals surface area contributed by atoms with Crippen molar-refractivity contribution in [3.63, 3.8) is 0 Å². The molecule has 38 heavy (non-hydrogen) atoms. The van der Waals surface area contributed by atoms with Crippen molar-refractivity contribution in [1.29, 1.82) is 0 Å². The number of hydrogen-bond donors (Lipinski definition) is 0. The molecular weight excluding hydrogens is 591 g/mol. The summed E-state index contributed by atoms with van der Waals surface area (Å²) < 4.78 is 230. The van der Waals surface area contributed by atoms with Crippen LogP contribution in [0.5, 0.6) is 5.75 Å². The number of carbonyl (C=O) groups is 1. The molecule has 1 aromatic rings. The van der Waals surface area contributed by atoms with Gasteiger partial charge in [-0.15, -0.1) is 0 Å². The Morgan fingerprint density at radius 3 is 1.45 bits per heavy atom. The maximum absolute atomic E-state index is 14.4. The third kappa shape index (κ3) is 5.86.